The summed E-state index contributed by atoms with van der Waals surface area (Å²) in [6.07, 6.45) is 0.988. The zero-order chi connectivity index (χ0) is 22.0. The number of carbonyl (C=O) groups excluding carboxylic acids is 3. The lowest BCUT2D eigenvalue weighted by atomic mass is 10.00. The molecule has 7 nitrogen and oxygen atoms in total. The second-order valence-corrected chi connectivity index (χ2v) is 8.17. The van der Waals surface area contributed by atoms with Crippen LogP contribution in [0.25, 0.3) is 0 Å². The summed E-state index contributed by atoms with van der Waals surface area (Å²) in [5, 5.41) is 5.83. The molecule has 1 saturated carbocycles. The van der Waals surface area contributed by atoms with Gasteiger partial charge >= 0.3 is 6.09 Å². The average Bonchev–Trinajstić information content (AvgIpc) is 3.51. The van der Waals surface area contributed by atoms with Crippen LogP contribution >= 0.6 is 0 Å². The Bertz CT molecular complexity index is 985. The molecule has 2 atom stereocenters. The Kier molecular flexibility index (Phi) is 5.93. The average molecular weight is 421 g/mol. The van der Waals surface area contributed by atoms with Crippen molar-refractivity contribution in [2.45, 2.75) is 57.8 Å². The third kappa shape index (κ3) is 4.87. The van der Waals surface area contributed by atoms with Gasteiger partial charge in [0, 0.05) is 18.2 Å². The molecule has 2 aromatic rings. The molecule has 2 fully saturated rings. The third-order valence-electron chi connectivity index (χ3n) is 5.57. The Labute approximate surface area is 181 Å². The van der Waals surface area contributed by atoms with E-state index < -0.39 is 18.2 Å². The Hall–Kier alpha value is -3.35. The van der Waals surface area contributed by atoms with E-state index in [1.54, 1.807) is 25.1 Å². The molecule has 0 bridgehead atoms. The normalized spacial score (nSPS) is 20.3. The Balaban J connectivity index is 1.62. The SMILES string of the molecule is CCC(=O)Nc1cccc([C@H]2OC(=O)N(Cc3ccc(C)cc3)[C@@H]2C(=O)NC2CC2)c1. The zero-order valence-electron chi connectivity index (χ0n) is 17.8. The van der Waals surface area contributed by atoms with Crippen molar-refractivity contribution in [2.75, 3.05) is 5.32 Å². The van der Waals surface area contributed by atoms with Crippen molar-refractivity contribution in [3.8, 4) is 0 Å². The van der Waals surface area contributed by atoms with Crippen LogP contribution in [0.4, 0.5) is 10.5 Å². The highest BCUT2D eigenvalue weighted by atomic mass is 16.6. The summed E-state index contributed by atoms with van der Waals surface area (Å²) in [5.74, 6) is -0.321. The molecule has 7 heteroatoms. The molecule has 2 aromatic carbocycles. The van der Waals surface area contributed by atoms with Crippen molar-refractivity contribution in [2.24, 2.45) is 0 Å². The highest BCUT2D eigenvalue weighted by Crippen LogP contribution is 2.35. The predicted octanol–water partition coefficient (Wildman–Crippen LogP) is 3.68. The van der Waals surface area contributed by atoms with Gasteiger partial charge in [0.25, 0.3) is 0 Å². The fourth-order valence-electron chi connectivity index (χ4n) is 3.66. The van der Waals surface area contributed by atoms with Gasteiger partial charge in [0.2, 0.25) is 11.8 Å². The van der Waals surface area contributed by atoms with Crippen LogP contribution in [0.2, 0.25) is 0 Å². The van der Waals surface area contributed by atoms with E-state index in [-0.39, 0.29) is 24.4 Å². The quantitative estimate of drug-likeness (QED) is 0.714. The fraction of sp³-hybridized carbons (Fsp3) is 0.375. The molecule has 1 aliphatic carbocycles. The minimum absolute atomic E-state index is 0.107. The molecular weight excluding hydrogens is 394 g/mol. The first-order valence-electron chi connectivity index (χ1n) is 10.7. The number of amides is 3. The topological polar surface area (TPSA) is 87.7 Å². The number of hydrogen-bond acceptors (Lipinski definition) is 4. The van der Waals surface area contributed by atoms with Crippen molar-refractivity contribution >= 4 is 23.6 Å². The number of carbonyl (C=O) groups is 3. The smallest absolute Gasteiger partial charge is 0.411 e. The summed E-state index contributed by atoms with van der Waals surface area (Å²) in [7, 11) is 0. The Morgan fingerprint density at radius 1 is 1.13 bits per heavy atom. The van der Waals surface area contributed by atoms with Crippen molar-refractivity contribution in [3.63, 3.8) is 0 Å². The number of rotatable bonds is 7. The lowest BCUT2D eigenvalue weighted by Gasteiger charge is -2.24. The van der Waals surface area contributed by atoms with Gasteiger partial charge in [0.15, 0.2) is 12.1 Å². The van der Waals surface area contributed by atoms with Gasteiger partial charge in [0.1, 0.15) is 0 Å². The van der Waals surface area contributed by atoms with E-state index in [1.165, 1.54) is 4.90 Å². The largest absolute Gasteiger partial charge is 0.438 e. The van der Waals surface area contributed by atoms with Gasteiger partial charge in [-0.1, -0.05) is 48.9 Å². The number of nitrogens with one attached hydrogen (secondary N) is 2. The van der Waals surface area contributed by atoms with Crippen molar-refractivity contribution in [1.29, 1.82) is 0 Å². The van der Waals surface area contributed by atoms with E-state index in [0.717, 1.165) is 24.0 Å². The Morgan fingerprint density at radius 2 is 1.87 bits per heavy atom. The van der Waals surface area contributed by atoms with Crippen LogP contribution in [0.15, 0.2) is 48.5 Å². The van der Waals surface area contributed by atoms with E-state index in [1.807, 2.05) is 37.3 Å². The maximum Gasteiger partial charge on any atom is 0.411 e. The van der Waals surface area contributed by atoms with E-state index in [9.17, 15) is 14.4 Å². The number of aryl methyl sites for hydroxylation is 1. The first-order chi connectivity index (χ1) is 14.9. The molecule has 1 heterocycles. The standard InChI is InChI=1S/C24H27N3O4/c1-3-20(28)25-19-6-4-5-17(13-19)22-21(23(29)26-18-11-12-18)27(24(30)31-22)14-16-9-7-15(2)8-10-16/h4-10,13,18,21-22H,3,11-12,14H2,1-2H3,(H,25,28)(H,26,29)/t21-,22+/m0/s1. The highest BCUT2D eigenvalue weighted by Gasteiger charge is 2.47. The van der Waals surface area contributed by atoms with E-state index in [2.05, 4.69) is 10.6 Å². The summed E-state index contributed by atoms with van der Waals surface area (Å²) in [6.45, 7) is 4.06. The van der Waals surface area contributed by atoms with Crippen LogP contribution in [0, 0.1) is 6.92 Å². The maximum atomic E-state index is 13.1. The molecule has 162 valence electrons. The molecule has 2 N–H and O–H groups in total. The van der Waals surface area contributed by atoms with Gasteiger partial charge < -0.3 is 15.4 Å². The number of cyclic esters (lactones) is 1. The molecule has 4 rings (SSSR count). The van der Waals surface area contributed by atoms with Gasteiger partial charge in [-0.3, -0.25) is 14.5 Å². The number of benzene rings is 2. The van der Waals surface area contributed by atoms with Gasteiger partial charge in [-0.15, -0.1) is 0 Å². The van der Waals surface area contributed by atoms with Crippen LogP contribution in [-0.2, 0) is 20.9 Å². The second-order valence-electron chi connectivity index (χ2n) is 8.17. The molecular formula is C24H27N3O4. The first-order valence-corrected chi connectivity index (χ1v) is 10.7. The molecule has 1 aliphatic heterocycles. The lowest BCUT2D eigenvalue weighted by molar-refractivity contribution is -0.126. The van der Waals surface area contributed by atoms with Crippen LogP contribution in [0.5, 0.6) is 0 Å². The van der Waals surface area contributed by atoms with Crippen LogP contribution in [-0.4, -0.2) is 34.9 Å². The first kappa shape index (κ1) is 20.9. The summed E-state index contributed by atoms with van der Waals surface area (Å²) < 4.78 is 5.69. The number of anilines is 1. The number of hydrogen-bond donors (Lipinski definition) is 2. The summed E-state index contributed by atoms with van der Waals surface area (Å²) in [4.78, 5) is 39.2. The molecule has 0 spiro atoms. The maximum absolute atomic E-state index is 13.1. The van der Waals surface area contributed by atoms with Crippen molar-refractivity contribution in [3.05, 3.63) is 65.2 Å². The lowest BCUT2D eigenvalue weighted by Crippen LogP contribution is -2.46. The monoisotopic (exact) mass is 421 g/mol. The molecule has 2 aliphatic rings. The summed E-state index contributed by atoms with van der Waals surface area (Å²) >= 11 is 0. The molecule has 31 heavy (non-hydrogen) atoms. The van der Waals surface area contributed by atoms with Crippen molar-refractivity contribution in [1.82, 2.24) is 10.2 Å². The van der Waals surface area contributed by atoms with Crippen LogP contribution < -0.4 is 10.6 Å². The molecule has 0 radical (unpaired) electrons. The number of nitrogens with zero attached hydrogens (tertiary/aromatic N) is 1. The van der Waals surface area contributed by atoms with Crippen LogP contribution in [0.3, 0.4) is 0 Å². The van der Waals surface area contributed by atoms with Gasteiger partial charge in [-0.2, -0.15) is 0 Å². The molecule has 3 amide bonds. The van der Waals surface area contributed by atoms with Gasteiger partial charge in [-0.25, -0.2) is 4.79 Å². The highest BCUT2D eigenvalue weighted by molar-refractivity contribution is 5.91. The van der Waals surface area contributed by atoms with Gasteiger partial charge in [0.05, 0.1) is 6.54 Å². The minimum atomic E-state index is -0.786. The zero-order valence-corrected chi connectivity index (χ0v) is 17.8. The predicted molar refractivity (Wildman–Crippen MR) is 116 cm³/mol. The summed E-state index contributed by atoms with van der Waals surface area (Å²) in [6, 6.07) is 14.4. The van der Waals surface area contributed by atoms with Crippen LogP contribution in [0.1, 0.15) is 49.0 Å². The molecule has 0 aromatic heterocycles. The van der Waals surface area contributed by atoms with Gasteiger partial charge in [-0.05, 0) is 43.0 Å². The fourth-order valence-corrected chi connectivity index (χ4v) is 3.66. The third-order valence-corrected chi connectivity index (χ3v) is 5.57. The molecule has 1 saturated heterocycles. The number of ether oxygens (including phenoxy) is 1. The second kappa shape index (κ2) is 8.79. The van der Waals surface area contributed by atoms with E-state index in [4.69, 9.17) is 4.74 Å². The van der Waals surface area contributed by atoms with Crippen molar-refractivity contribution < 1.29 is 19.1 Å². The minimum Gasteiger partial charge on any atom is -0.438 e. The Morgan fingerprint density at radius 3 is 2.55 bits per heavy atom. The van der Waals surface area contributed by atoms with E-state index >= 15 is 0 Å². The van der Waals surface area contributed by atoms with E-state index in [0.29, 0.717) is 17.7 Å². The molecule has 0 unspecified atom stereocenters. The summed E-state index contributed by atoms with van der Waals surface area (Å²) in [5.41, 5.74) is 3.33.